The molecule has 0 fully saturated rings. The summed E-state index contributed by atoms with van der Waals surface area (Å²) in [5.41, 5.74) is 5.55. The summed E-state index contributed by atoms with van der Waals surface area (Å²) < 4.78 is 0. The van der Waals surface area contributed by atoms with E-state index < -0.39 is 0 Å². The number of rotatable bonds is 3. The maximum Gasteiger partial charge on any atom is 0.224 e. The number of thioether (sulfide) groups is 1. The van der Waals surface area contributed by atoms with E-state index in [1.54, 1.807) is 0 Å². The Hall–Kier alpha value is -0.840. The van der Waals surface area contributed by atoms with E-state index in [0.717, 1.165) is 12.2 Å². The Labute approximate surface area is 82.4 Å². The first-order valence-electron chi connectivity index (χ1n) is 4.22. The predicted octanol–water partition coefficient (Wildman–Crippen LogP) is 1.69. The van der Waals surface area contributed by atoms with Crippen LogP contribution in [0.2, 0.25) is 0 Å². The largest absolute Gasteiger partial charge is 0.368 e. The summed E-state index contributed by atoms with van der Waals surface area (Å²) in [7, 11) is 0. The number of aromatic nitrogens is 3. The third kappa shape index (κ3) is 2.55. The normalized spacial score (nSPS) is 12.8. The molecular weight excluding hydrogens is 184 g/mol. The minimum absolute atomic E-state index is 0.314. The van der Waals surface area contributed by atoms with Crippen LogP contribution in [0.3, 0.4) is 0 Å². The zero-order valence-electron chi connectivity index (χ0n) is 8.11. The molecule has 1 aromatic rings. The van der Waals surface area contributed by atoms with E-state index in [0.29, 0.717) is 17.0 Å². The van der Waals surface area contributed by atoms with Gasteiger partial charge in [-0.1, -0.05) is 25.6 Å². The highest BCUT2D eigenvalue weighted by atomic mass is 32.2. The van der Waals surface area contributed by atoms with Crippen molar-refractivity contribution in [1.29, 1.82) is 0 Å². The van der Waals surface area contributed by atoms with Gasteiger partial charge in [0.25, 0.3) is 0 Å². The van der Waals surface area contributed by atoms with Gasteiger partial charge >= 0.3 is 0 Å². The van der Waals surface area contributed by atoms with Crippen molar-refractivity contribution >= 4 is 17.7 Å². The molecule has 13 heavy (non-hydrogen) atoms. The van der Waals surface area contributed by atoms with Crippen LogP contribution in [0, 0.1) is 0 Å². The maximum absolute atomic E-state index is 5.55. The van der Waals surface area contributed by atoms with Crippen LogP contribution in [0.5, 0.6) is 0 Å². The van der Waals surface area contributed by atoms with Crippen LogP contribution in [0.4, 0.5) is 5.95 Å². The van der Waals surface area contributed by atoms with Crippen LogP contribution < -0.4 is 5.73 Å². The summed E-state index contributed by atoms with van der Waals surface area (Å²) in [5, 5.41) is 0.697. The van der Waals surface area contributed by atoms with Gasteiger partial charge in [-0.15, -0.1) is 0 Å². The topological polar surface area (TPSA) is 64.7 Å². The van der Waals surface area contributed by atoms with E-state index in [9.17, 15) is 0 Å². The molecule has 1 heterocycles. The Morgan fingerprint density at radius 3 is 2.62 bits per heavy atom. The standard InChI is InChI=1S/C8H14N4S/c1-4-5(2)6-10-7(9)12-8(11-6)13-3/h5H,4H2,1-3H3,(H2,9,10,11,12). The van der Waals surface area contributed by atoms with E-state index in [4.69, 9.17) is 5.73 Å². The molecule has 0 spiro atoms. The molecule has 0 aliphatic rings. The second-order valence-corrected chi connectivity index (χ2v) is 3.62. The average molecular weight is 198 g/mol. The van der Waals surface area contributed by atoms with Crippen LogP contribution in [-0.4, -0.2) is 21.2 Å². The number of hydrogen-bond donors (Lipinski definition) is 1. The molecule has 0 bridgehead atoms. The average Bonchev–Trinajstić information content (AvgIpc) is 2.15. The van der Waals surface area contributed by atoms with Gasteiger partial charge in [0, 0.05) is 5.92 Å². The van der Waals surface area contributed by atoms with E-state index >= 15 is 0 Å². The summed E-state index contributed by atoms with van der Waals surface area (Å²) in [4.78, 5) is 12.4. The summed E-state index contributed by atoms with van der Waals surface area (Å²) in [6.07, 6.45) is 2.94. The fraction of sp³-hybridized carbons (Fsp3) is 0.625. The van der Waals surface area contributed by atoms with Gasteiger partial charge in [-0.2, -0.15) is 9.97 Å². The van der Waals surface area contributed by atoms with E-state index in [1.165, 1.54) is 11.8 Å². The Morgan fingerprint density at radius 2 is 2.08 bits per heavy atom. The Kier molecular flexibility index (Phi) is 3.48. The van der Waals surface area contributed by atoms with Crippen molar-refractivity contribution in [1.82, 2.24) is 15.0 Å². The Bertz CT molecular complexity index is 289. The molecule has 0 amide bonds. The zero-order valence-corrected chi connectivity index (χ0v) is 8.93. The molecule has 0 aliphatic heterocycles. The number of nitrogens with zero attached hydrogens (tertiary/aromatic N) is 3. The molecule has 0 saturated carbocycles. The molecule has 72 valence electrons. The van der Waals surface area contributed by atoms with Crippen molar-refractivity contribution in [3.05, 3.63) is 5.82 Å². The molecule has 0 aromatic carbocycles. The molecule has 1 atom stereocenters. The number of nitrogens with two attached hydrogens (primary N) is 1. The van der Waals surface area contributed by atoms with Crippen molar-refractivity contribution in [2.75, 3.05) is 12.0 Å². The van der Waals surface area contributed by atoms with Crippen molar-refractivity contribution in [2.24, 2.45) is 0 Å². The van der Waals surface area contributed by atoms with Gasteiger partial charge in [-0.25, -0.2) is 4.98 Å². The van der Waals surface area contributed by atoms with Crippen LogP contribution in [0.1, 0.15) is 32.0 Å². The van der Waals surface area contributed by atoms with Gasteiger partial charge in [0.05, 0.1) is 0 Å². The Morgan fingerprint density at radius 1 is 1.38 bits per heavy atom. The summed E-state index contributed by atoms with van der Waals surface area (Å²) in [6, 6.07) is 0. The minimum Gasteiger partial charge on any atom is -0.368 e. The molecular formula is C8H14N4S. The van der Waals surface area contributed by atoms with Gasteiger partial charge in [0.1, 0.15) is 5.82 Å². The van der Waals surface area contributed by atoms with Gasteiger partial charge < -0.3 is 5.73 Å². The lowest BCUT2D eigenvalue weighted by Gasteiger charge is -2.07. The van der Waals surface area contributed by atoms with Gasteiger partial charge in [-0.05, 0) is 12.7 Å². The van der Waals surface area contributed by atoms with Crippen molar-refractivity contribution < 1.29 is 0 Å². The van der Waals surface area contributed by atoms with Crippen LogP contribution >= 0.6 is 11.8 Å². The predicted molar refractivity (Wildman–Crippen MR) is 54.7 cm³/mol. The fourth-order valence-electron chi connectivity index (χ4n) is 0.883. The highest BCUT2D eigenvalue weighted by Crippen LogP contribution is 2.17. The second kappa shape index (κ2) is 4.41. The Balaban J connectivity index is 3.01. The summed E-state index contributed by atoms with van der Waals surface area (Å²) >= 11 is 1.48. The second-order valence-electron chi connectivity index (χ2n) is 2.85. The highest BCUT2D eigenvalue weighted by molar-refractivity contribution is 7.98. The SMILES string of the molecule is CCC(C)c1nc(N)nc(SC)n1. The molecule has 1 unspecified atom stereocenters. The molecule has 5 heteroatoms. The van der Waals surface area contributed by atoms with Gasteiger partial charge in [-0.3, -0.25) is 0 Å². The third-order valence-corrected chi connectivity index (χ3v) is 2.43. The smallest absolute Gasteiger partial charge is 0.224 e. The lowest BCUT2D eigenvalue weighted by atomic mass is 10.1. The third-order valence-electron chi connectivity index (χ3n) is 1.89. The number of anilines is 1. The number of hydrogen-bond acceptors (Lipinski definition) is 5. The first kappa shape index (κ1) is 10.2. The van der Waals surface area contributed by atoms with Crippen molar-refractivity contribution in [2.45, 2.75) is 31.3 Å². The first-order chi connectivity index (χ1) is 6.17. The van der Waals surface area contributed by atoms with Gasteiger partial charge in [0.15, 0.2) is 5.16 Å². The quantitative estimate of drug-likeness (QED) is 0.749. The molecule has 1 rings (SSSR count). The zero-order chi connectivity index (χ0) is 9.84. The molecule has 1 aromatic heterocycles. The molecule has 2 N–H and O–H groups in total. The first-order valence-corrected chi connectivity index (χ1v) is 5.45. The van der Waals surface area contributed by atoms with Crippen molar-refractivity contribution in [3.8, 4) is 0 Å². The van der Waals surface area contributed by atoms with Crippen LogP contribution in [0.15, 0.2) is 5.16 Å². The van der Waals surface area contributed by atoms with Crippen molar-refractivity contribution in [3.63, 3.8) is 0 Å². The minimum atomic E-state index is 0.314. The maximum atomic E-state index is 5.55. The molecule has 0 saturated heterocycles. The number of nitrogen functional groups attached to an aromatic ring is 1. The summed E-state index contributed by atoms with van der Waals surface area (Å²) in [6.45, 7) is 4.18. The molecule has 0 radical (unpaired) electrons. The van der Waals surface area contributed by atoms with E-state index in [2.05, 4.69) is 28.8 Å². The summed E-state index contributed by atoms with van der Waals surface area (Å²) in [5.74, 6) is 1.45. The molecule has 4 nitrogen and oxygen atoms in total. The molecule has 0 aliphatic carbocycles. The monoisotopic (exact) mass is 198 g/mol. The van der Waals surface area contributed by atoms with Gasteiger partial charge in [0.2, 0.25) is 5.95 Å². The van der Waals surface area contributed by atoms with E-state index in [1.807, 2.05) is 6.26 Å². The lowest BCUT2D eigenvalue weighted by molar-refractivity contribution is 0.656. The van der Waals surface area contributed by atoms with E-state index in [-0.39, 0.29) is 0 Å². The highest BCUT2D eigenvalue weighted by Gasteiger charge is 2.09. The lowest BCUT2D eigenvalue weighted by Crippen LogP contribution is -2.06. The van der Waals surface area contributed by atoms with Crippen LogP contribution in [-0.2, 0) is 0 Å². The fourth-order valence-corrected chi connectivity index (χ4v) is 1.25. The van der Waals surface area contributed by atoms with Crippen LogP contribution in [0.25, 0.3) is 0 Å².